The summed E-state index contributed by atoms with van der Waals surface area (Å²) in [5, 5.41) is 3.32. The average Bonchev–Trinajstić information content (AvgIpc) is 2.31. The van der Waals surface area contributed by atoms with E-state index in [0.717, 1.165) is 52.0 Å². The van der Waals surface area contributed by atoms with Crippen molar-refractivity contribution < 1.29 is 18.7 Å². The Hall–Kier alpha value is 0.0700. The third-order valence-electron chi connectivity index (χ3n) is 2.47. The second-order valence-electron chi connectivity index (χ2n) is 4.14. The molecule has 0 fully saturated rings. The molecule has 0 heterocycles. The largest absolute Gasteiger partial charge is 0.382 e. The predicted octanol–water partition coefficient (Wildman–Crippen LogP) is 2.39. The molecule has 0 aliphatic heterocycles. The molecule has 5 nitrogen and oxygen atoms in total. The van der Waals surface area contributed by atoms with Crippen molar-refractivity contribution >= 4 is 7.60 Å². The van der Waals surface area contributed by atoms with Crippen molar-refractivity contribution in [3.63, 3.8) is 0 Å². The Morgan fingerprint density at radius 1 is 1.06 bits per heavy atom. The Balaban J connectivity index is 3.18. The quantitative estimate of drug-likeness (QED) is 0.401. The van der Waals surface area contributed by atoms with Crippen LogP contribution in [0.25, 0.3) is 0 Å². The molecule has 0 aromatic carbocycles. The highest BCUT2D eigenvalue weighted by atomic mass is 31.2. The molecular weight excluding hydrogens is 253 g/mol. The van der Waals surface area contributed by atoms with Crippen LogP contribution < -0.4 is 5.32 Å². The fraction of sp³-hybridized carbons (Fsp3) is 1.00. The number of ether oxygens (including phenoxy) is 1. The van der Waals surface area contributed by atoms with E-state index in [-0.39, 0.29) is 6.16 Å². The fourth-order valence-corrected chi connectivity index (χ4v) is 2.73. The number of hydrogen-bond acceptors (Lipinski definition) is 4. The number of unbranched alkanes of at least 4 members (excludes halogenated alkanes) is 2. The van der Waals surface area contributed by atoms with Crippen molar-refractivity contribution in [3.8, 4) is 0 Å². The van der Waals surface area contributed by atoms with Gasteiger partial charge in [-0.3, -0.25) is 4.57 Å². The van der Waals surface area contributed by atoms with Gasteiger partial charge in [-0.25, -0.2) is 0 Å². The fourth-order valence-electron chi connectivity index (χ4n) is 1.57. The zero-order valence-electron chi connectivity index (χ0n) is 11.7. The number of hydrogen-bond donors (Lipinski definition) is 2. The first-order valence-electron chi connectivity index (χ1n) is 6.87. The smallest absolute Gasteiger partial charge is 0.328 e. The number of rotatable bonds is 13. The average molecular weight is 281 g/mol. The summed E-state index contributed by atoms with van der Waals surface area (Å²) in [5.74, 6) is 0. The summed E-state index contributed by atoms with van der Waals surface area (Å²) in [7, 11) is -3.30. The van der Waals surface area contributed by atoms with Crippen LogP contribution in [0.2, 0.25) is 0 Å². The molecule has 110 valence electrons. The van der Waals surface area contributed by atoms with E-state index in [1.54, 1.807) is 6.92 Å². The van der Waals surface area contributed by atoms with Crippen LogP contribution in [-0.4, -0.2) is 44.0 Å². The Morgan fingerprint density at radius 3 is 2.44 bits per heavy atom. The topological polar surface area (TPSA) is 67.8 Å². The molecule has 0 saturated heterocycles. The minimum Gasteiger partial charge on any atom is -0.382 e. The maximum absolute atomic E-state index is 11.4. The van der Waals surface area contributed by atoms with E-state index in [9.17, 15) is 9.46 Å². The third kappa shape index (κ3) is 12.5. The van der Waals surface area contributed by atoms with Crippen molar-refractivity contribution in [2.24, 2.45) is 0 Å². The Morgan fingerprint density at radius 2 is 1.78 bits per heavy atom. The van der Waals surface area contributed by atoms with Gasteiger partial charge >= 0.3 is 7.60 Å². The van der Waals surface area contributed by atoms with Crippen LogP contribution in [0.1, 0.15) is 39.5 Å². The molecule has 18 heavy (non-hydrogen) atoms. The first-order chi connectivity index (χ1) is 8.62. The molecular formula is C12H28NO4P. The normalized spacial score (nSPS) is 14.6. The lowest BCUT2D eigenvalue weighted by atomic mass is 10.2. The van der Waals surface area contributed by atoms with Gasteiger partial charge in [0.05, 0.1) is 6.61 Å². The molecule has 1 atom stereocenters. The summed E-state index contributed by atoms with van der Waals surface area (Å²) >= 11 is 0. The minimum atomic E-state index is -3.30. The summed E-state index contributed by atoms with van der Waals surface area (Å²) in [6, 6.07) is 0. The van der Waals surface area contributed by atoms with Gasteiger partial charge in [0.2, 0.25) is 0 Å². The lowest BCUT2D eigenvalue weighted by Crippen LogP contribution is -2.18. The molecule has 0 aliphatic rings. The molecule has 0 bridgehead atoms. The van der Waals surface area contributed by atoms with E-state index in [1.165, 1.54) is 0 Å². The Bertz CT molecular complexity index is 226. The highest BCUT2D eigenvalue weighted by Gasteiger charge is 2.16. The zero-order chi connectivity index (χ0) is 13.7. The maximum atomic E-state index is 11.4. The molecule has 0 spiro atoms. The van der Waals surface area contributed by atoms with Gasteiger partial charge in [-0.2, -0.15) is 0 Å². The predicted molar refractivity (Wildman–Crippen MR) is 74.1 cm³/mol. The summed E-state index contributed by atoms with van der Waals surface area (Å²) < 4.78 is 21.4. The molecule has 2 N–H and O–H groups in total. The molecule has 1 unspecified atom stereocenters. The molecule has 0 rings (SSSR count). The van der Waals surface area contributed by atoms with Crippen LogP contribution in [-0.2, 0) is 13.8 Å². The molecule has 0 amide bonds. The summed E-state index contributed by atoms with van der Waals surface area (Å²) in [4.78, 5) is 9.34. The van der Waals surface area contributed by atoms with E-state index >= 15 is 0 Å². The minimum absolute atomic E-state index is 0.269. The van der Waals surface area contributed by atoms with Gasteiger partial charge in [0.15, 0.2) is 0 Å². The third-order valence-corrected chi connectivity index (χ3v) is 4.01. The van der Waals surface area contributed by atoms with E-state index in [0.29, 0.717) is 6.61 Å². The Labute approximate surface area is 111 Å². The van der Waals surface area contributed by atoms with E-state index in [4.69, 9.17) is 9.26 Å². The Kier molecular flexibility index (Phi) is 12.2. The second-order valence-corrected chi connectivity index (χ2v) is 6.12. The lowest BCUT2D eigenvalue weighted by molar-refractivity contribution is 0.145. The van der Waals surface area contributed by atoms with Crippen molar-refractivity contribution in [3.05, 3.63) is 0 Å². The van der Waals surface area contributed by atoms with Crippen LogP contribution in [0.5, 0.6) is 0 Å². The van der Waals surface area contributed by atoms with Crippen LogP contribution in [0, 0.1) is 0 Å². The van der Waals surface area contributed by atoms with Crippen molar-refractivity contribution in [2.75, 3.05) is 39.1 Å². The van der Waals surface area contributed by atoms with Crippen LogP contribution in [0.4, 0.5) is 0 Å². The molecule has 0 aromatic heterocycles. The van der Waals surface area contributed by atoms with Gasteiger partial charge in [0.1, 0.15) is 0 Å². The van der Waals surface area contributed by atoms with Crippen molar-refractivity contribution in [2.45, 2.75) is 39.5 Å². The van der Waals surface area contributed by atoms with Crippen LogP contribution >= 0.6 is 7.60 Å². The maximum Gasteiger partial charge on any atom is 0.328 e. The van der Waals surface area contributed by atoms with Gasteiger partial charge in [-0.1, -0.05) is 6.42 Å². The van der Waals surface area contributed by atoms with Gasteiger partial charge in [-0.05, 0) is 46.2 Å². The van der Waals surface area contributed by atoms with Crippen molar-refractivity contribution in [1.29, 1.82) is 0 Å². The van der Waals surface area contributed by atoms with E-state index in [2.05, 4.69) is 5.32 Å². The summed E-state index contributed by atoms with van der Waals surface area (Å²) in [6.45, 7) is 7.54. The standard InChI is InChI=1S/C12H28NO4P/c1-3-16-11-8-10-13-9-6-5-7-12-18(14,15)17-4-2/h13H,3-12H2,1-2H3,(H,14,15). The monoisotopic (exact) mass is 281 g/mol. The molecule has 0 aliphatic carbocycles. The van der Waals surface area contributed by atoms with Gasteiger partial charge < -0.3 is 19.5 Å². The van der Waals surface area contributed by atoms with Crippen molar-refractivity contribution in [1.82, 2.24) is 5.32 Å². The zero-order valence-corrected chi connectivity index (χ0v) is 12.6. The van der Waals surface area contributed by atoms with Gasteiger partial charge in [0.25, 0.3) is 0 Å². The molecule has 0 aromatic rings. The summed E-state index contributed by atoms with van der Waals surface area (Å²) in [6.07, 6.45) is 4.03. The summed E-state index contributed by atoms with van der Waals surface area (Å²) in [5.41, 5.74) is 0. The van der Waals surface area contributed by atoms with Gasteiger partial charge in [0, 0.05) is 19.4 Å². The number of nitrogens with one attached hydrogen (secondary N) is 1. The molecule has 0 saturated carbocycles. The van der Waals surface area contributed by atoms with E-state index in [1.807, 2.05) is 6.92 Å². The first kappa shape index (κ1) is 18.1. The lowest BCUT2D eigenvalue weighted by Gasteiger charge is -2.10. The first-order valence-corrected chi connectivity index (χ1v) is 8.63. The van der Waals surface area contributed by atoms with Crippen LogP contribution in [0.3, 0.4) is 0 Å². The highest BCUT2D eigenvalue weighted by Crippen LogP contribution is 2.42. The SMILES string of the molecule is CCOCCCNCCCCCP(=O)(O)OCC. The highest BCUT2D eigenvalue weighted by molar-refractivity contribution is 7.52. The van der Waals surface area contributed by atoms with E-state index < -0.39 is 7.60 Å². The van der Waals surface area contributed by atoms with Gasteiger partial charge in [-0.15, -0.1) is 0 Å². The second kappa shape index (κ2) is 12.1. The molecule has 0 radical (unpaired) electrons. The van der Waals surface area contributed by atoms with Crippen LogP contribution in [0.15, 0.2) is 0 Å². The molecule has 6 heteroatoms.